The second-order valence-corrected chi connectivity index (χ2v) is 24.9. The molecule has 0 heterocycles. The molecule has 0 unspecified atom stereocenters. The summed E-state index contributed by atoms with van der Waals surface area (Å²) in [6, 6.07) is 38.1. The van der Waals surface area contributed by atoms with Crippen LogP contribution in [0.4, 0.5) is 105 Å². The van der Waals surface area contributed by atoms with E-state index in [1.165, 1.54) is 13.4 Å². The number of halogens is 24. The third-order valence-electron chi connectivity index (χ3n) is 14.3. The molecule has 508 valence electrons. The van der Waals surface area contributed by atoms with E-state index in [0.717, 1.165) is 23.0 Å². The van der Waals surface area contributed by atoms with E-state index >= 15 is 0 Å². The third-order valence-corrected chi connectivity index (χ3v) is 19.1. The first-order chi connectivity index (χ1) is 44.6. The summed E-state index contributed by atoms with van der Waals surface area (Å²) in [5.74, 6) is 3.44. The summed E-state index contributed by atoms with van der Waals surface area (Å²) >= 11 is -1.76. The Morgan fingerprint density at radius 3 is 0.688 bits per heavy atom. The second-order valence-electron chi connectivity index (χ2n) is 20.8. The molecular weight excluding hydrogens is 1400 g/mol. The van der Waals surface area contributed by atoms with E-state index in [9.17, 15) is 105 Å². The normalized spacial score (nSPS) is 12.8. The van der Waals surface area contributed by atoms with Crippen molar-refractivity contribution in [1.29, 1.82) is 0 Å². The first kappa shape index (κ1) is 72.9. The zero-order chi connectivity index (χ0) is 70.5. The Morgan fingerprint density at radius 2 is 0.448 bits per heavy atom. The molecule has 0 bridgehead atoms. The van der Waals surface area contributed by atoms with Crippen molar-refractivity contribution in [2.75, 3.05) is 26.4 Å². The number of rotatable bonds is 17. The van der Waals surface area contributed by atoms with E-state index < -0.39 is 209 Å². The molecule has 4 nitrogen and oxygen atoms in total. The van der Waals surface area contributed by atoms with Gasteiger partial charge in [-0.2, -0.15) is 127 Å². The van der Waals surface area contributed by atoms with Crippen molar-refractivity contribution >= 4 is 55.3 Å². The van der Waals surface area contributed by atoms with Gasteiger partial charge in [0.15, 0.2) is 0 Å². The van der Waals surface area contributed by atoms with E-state index in [2.05, 4.69) is 66.7 Å². The van der Waals surface area contributed by atoms with Crippen LogP contribution in [0.15, 0.2) is 212 Å². The number of alkyl halides is 24. The van der Waals surface area contributed by atoms with E-state index in [1.807, 2.05) is 72.8 Å². The van der Waals surface area contributed by atoms with Crippen molar-refractivity contribution < 1.29 is 124 Å². The Hall–Kier alpha value is -8.92. The van der Waals surface area contributed by atoms with Gasteiger partial charge in [0, 0.05) is 0 Å². The van der Waals surface area contributed by atoms with Crippen LogP contribution in [0, 0.1) is 0 Å². The van der Waals surface area contributed by atoms with Gasteiger partial charge < -0.3 is 0 Å². The number of benzene rings is 9. The Balaban J connectivity index is 0.000000262. The van der Waals surface area contributed by atoms with Crippen LogP contribution in [-0.4, -0.2) is 46.5 Å². The van der Waals surface area contributed by atoms with Crippen LogP contribution in [0.2, 0.25) is 0 Å². The standard InChI is InChI=1S/C34H31O4Se.C32H12BF24/c1-4-14-28(15-5-1)35-24-26-37-31-20-10-12-22-33(31)39(30-18-8-3-9-19-30)34-23-13-11-21-32(34)38-27-25-36-29-16-6-2-7-17-29;34-25(35,36)13-1-14(26(37,38)39)6-21(5-13)33(22-7-15(27(40,41)42)2-16(8-22)28(43,44)45,23-9-17(29(46,47)48)3-18(10-23)30(49,50)51)24-11-19(31(52,53)54)4-20(12-24)32(55,56)57/h1-23H,24-27H2;1-12H/q+1;-1. The topological polar surface area (TPSA) is 36.9 Å². The zero-order valence-corrected chi connectivity index (χ0v) is 49.9. The minimum atomic E-state index is -6.13. The molecule has 0 radical (unpaired) electrons. The molecule has 0 spiro atoms. The molecule has 0 N–H and O–H groups in total. The predicted octanol–water partition coefficient (Wildman–Crippen LogP) is 16.3. The average molecular weight is 1450 g/mol. The minimum absolute atomic E-state index is 0.453. The van der Waals surface area contributed by atoms with Crippen molar-refractivity contribution in [2.45, 2.75) is 49.4 Å². The predicted molar refractivity (Wildman–Crippen MR) is 309 cm³/mol. The van der Waals surface area contributed by atoms with Crippen LogP contribution in [0.3, 0.4) is 0 Å². The summed E-state index contributed by atoms with van der Waals surface area (Å²) in [7, 11) is 0. The number of ether oxygens (including phenoxy) is 4. The molecule has 0 aliphatic carbocycles. The molecule has 0 atom stereocenters. The van der Waals surface area contributed by atoms with Gasteiger partial charge >= 0.3 is 285 Å². The number of para-hydroxylation sites is 4. The Labute approximate surface area is 533 Å². The summed E-state index contributed by atoms with van der Waals surface area (Å²) < 4.78 is 369. The van der Waals surface area contributed by atoms with E-state index in [0.29, 0.717) is 26.4 Å². The van der Waals surface area contributed by atoms with Crippen LogP contribution < -0.4 is 54.2 Å². The van der Waals surface area contributed by atoms with Gasteiger partial charge in [-0.15, -0.1) is 0 Å². The molecule has 0 aliphatic rings. The maximum absolute atomic E-state index is 14.2. The molecule has 30 heteroatoms. The van der Waals surface area contributed by atoms with Crippen molar-refractivity contribution in [3.05, 3.63) is 257 Å². The van der Waals surface area contributed by atoms with E-state index in [1.54, 1.807) is 0 Å². The van der Waals surface area contributed by atoms with Gasteiger partial charge in [-0.25, -0.2) is 0 Å². The molecule has 96 heavy (non-hydrogen) atoms. The Kier molecular flexibility index (Phi) is 21.6. The van der Waals surface area contributed by atoms with E-state index in [4.69, 9.17) is 18.9 Å². The molecule has 0 aromatic heterocycles. The summed E-state index contributed by atoms with van der Waals surface area (Å²) in [5, 5.41) is 0. The summed E-state index contributed by atoms with van der Waals surface area (Å²) in [4.78, 5) is 0. The van der Waals surface area contributed by atoms with Crippen molar-refractivity contribution in [3.8, 4) is 23.0 Å². The quantitative estimate of drug-likeness (QED) is 0.0517. The summed E-state index contributed by atoms with van der Waals surface area (Å²) in [6.07, 6.45) is -54.8. The molecule has 0 fully saturated rings. The molecule has 0 saturated carbocycles. The molecule has 0 amide bonds. The van der Waals surface area contributed by atoms with Crippen molar-refractivity contribution in [1.82, 2.24) is 0 Å². The fourth-order valence-electron chi connectivity index (χ4n) is 10.1. The molecule has 0 aliphatic heterocycles. The van der Waals surface area contributed by atoms with Crippen molar-refractivity contribution in [3.63, 3.8) is 0 Å². The number of hydrogen-bond donors (Lipinski definition) is 0. The third kappa shape index (κ3) is 17.9. The van der Waals surface area contributed by atoms with Gasteiger partial charge in [0.1, 0.15) is 6.15 Å². The fraction of sp³-hybridized carbons (Fsp3) is 0.182. The maximum atomic E-state index is 14.2. The second kappa shape index (κ2) is 28.4. The van der Waals surface area contributed by atoms with Crippen LogP contribution in [-0.2, 0) is 49.4 Å². The van der Waals surface area contributed by atoms with Crippen LogP contribution >= 0.6 is 0 Å². The molecule has 9 rings (SSSR count). The van der Waals surface area contributed by atoms with Gasteiger partial charge in [-0.05, 0) is 24.3 Å². The van der Waals surface area contributed by atoms with Gasteiger partial charge in [-0.1, -0.05) is 48.5 Å². The SMILES string of the molecule is FC(F)(F)c1cc([B-](c2cc(C(F)(F)F)cc(C(F)(F)F)c2)(c2cc(C(F)(F)F)cc(C(F)(F)F)c2)c2cc(C(F)(F)F)cc(C(F)(F)F)c2)cc(C(F)(F)F)c1.c1ccc(OCCOc2ccccc2[Se+](c2ccccc2)c2ccccc2OCCOc2ccccc2)cc1. The summed E-state index contributed by atoms with van der Waals surface area (Å²) in [5.41, 5.74) is -30.2. The molecule has 9 aromatic carbocycles. The van der Waals surface area contributed by atoms with Crippen molar-refractivity contribution in [2.24, 2.45) is 0 Å². The van der Waals surface area contributed by atoms with Gasteiger partial charge in [-0.3, -0.25) is 0 Å². The fourth-order valence-corrected chi connectivity index (χ4v) is 14.9. The monoisotopic (exact) mass is 1450 g/mol. The van der Waals surface area contributed by atoms with Crippen LogP contribution in [0.25, 0.3) is 0 Å². The average Bonchev–Trinajstić information content (AvgIpc) is 0.708. The number of hydrogen-bond acceptors (Lipinski definition) is 4. The van der Waals surface area contributed by atoms with Crippen LogP contribution in [0.5, 0.6) is 23.0 Å². The van der Waals surface area contributed by atoms with Gasteiger partial charge in [0.25, 0.3) is 0 Å². The first-order valence-corrected chi connectivity index (χ1v) is 30.2. The molecule has 9 aromatic rings. The molecular formula is C66H43BF24O4Se. The zero-order valence-electron chi connectivity index (χ0n) is 48.2. The van der Waals surface area contributed by atoms with Gasteiger partial charge in [0.05, 0.1) is 44.5 Å². The van der Waals surface area contributed by atoms with Crippen LogP contribution in [0.1, 0.15) is 44.5 Å². The first-order valence-electron chi connectivity index (χ1n) is 27.6. The Morgan fingerprint density at radius 1 is 0.240 bits per heavy atom. The molecule has 0 saturated heterocycles. The van der Waals surface area contributed by atoms with Gasteiger partial charge in [0.2, 0.25) is 0 Å². The Bertz CT molecular complexity index is 3560. The van der Waals surface area contributed by atoms with E-state index in [-0.39, 0.29) is 0 Å². The summed E-state index contributed by atoms with van der Waals surface area (Å²) in [6.45, 7) is 1.84.